The highest BCUT2D eigenvalue weighted by atomic mass is 16.5. The first kappa shape index (κ1) is 15.6. The van der Waals surface area contributed by atoms with Crippen molar-refractivity contribution in [3.05, 3.63) is 48.0 Å². The fourth-order valence-corrected chi connectivity index (χ4v) is 3.00. The predicted molar refractivity (Wildman–Crippen MR) is 98.5 cm³/mol. The van der Waals surface area contributed by atoms with Gasteiger partial charge in [-0.15, -0.1) is 0 Å². The molecule has 0 amide bonds. The molecule has 4 nitrogen and oxygen atoms in total. The van der Waals surface area contributed by atoms with Crippen LogP contribution in [0.25, 0.3) is 28.4 Å². The van der Waals surface area contributed by atoms with Crippen molar-refractivity contribution < 1.29 is 18.6 Å². The third kappa shape index (κ3) is 2.84. The zero-order valence-corrected chi connectivity index (χ0v) is 14.8. The van der Waals surface area contributed by atoms with Gasteiger partial charge in [-0.05, 0) is 44.2 Å². The van der Waals surface area contributed by atoms with Crippen LogP contribution in [0.4, 0.5) is 0 Å². The number of ether oxygens (including phenoxy) is 3. The van der Waals surface area contributed by atoms with Gasteiger partial charge in [0.1, 0.15) is 34.2 Å². The molecule has 4 rings (SSSR count). The van der Waals surface area contributed by atoms with Crippen LogP contribution in [0.5, 0.6) is 17.2 Å². The highest BCUT2D eigenvalue weighted by Crippen LogP contribution is 2.38. The zero-order chi connectivity index (χ0) is 17.6. The van der Waals surface area contributed by atoms with Crippen LogP contribution in [0.3, 0.4) is 0 Å². The lowest BCUT2D eigenvalue weighted by Crippen LogP contribution is -2.27. The summed E-state index contributed by atoms with van der Waals surface area (Å²) in [5, 5.41) is 1.03. The Morgan fingerprint density at radius 3 is 2.28 bits per heavy atom. The van der Waals surface area contributed by atoms with Crippen LogP contribution in [0.15, 0.2) is 46.9 Å². The van der Waals surface area contributed by atoms with Gasteiger partial charge in [0.05, 0.1) is 14.2 Å². The van der Waals surface area contributed by atoms with Crippen molar-refractivity contribution in [1.29, 1.82) is 0 Å². The molecule has 0 radical (unpaired) electrons. The summed E-state index contributed by atoms with van der Waals surface area (Å²) < 4.78 is 22.8. The van der Waals surface area contributed by atoms with E-state index in [9.17, 15) is 0 Å². The Labute approximate surface area is 146 Å². The number of methoxy groups -OCH3 is 2. The van der Waals surface area contributed by atoms with Gasteiger partial charge in [0.15, 0.2) is 0 Å². The van der Waals surface area contributed by atoms with E-state index in [-0.39, 0.29) is 5.60 Å². The Morgan fingerprint density at radius 2 is 1.60 bits per heavy atom. The van der Waals surface area contributed by atoms with Crippen LogP contribution in [0.1, 0.15) is 19.4 Å². The smallest absolute Gasteiger partial charge is 0.138 e. The minimum atomic E-state index is -0.309. The molecule has 0 bridgehead atoms. The second-order valence-corrected chi connectivity index (χ2v) is 6.68. The quantitative estimate of drug-likeness (QED) is 0.650. The molecule has 1 aliphatic heterocycles. The second-order valence-electron chi connectivity index (χ2n) is 6.68. The van der Waals surface area contributed by atoms with Crippen LogP contribution >= 0.6 is 0 Å². The number of fused-ring (bicyclic) bond motifs is 2. The Balaban J connectivity index is 1.82. The van der Waals surface area contributed by atoms with Crippen LogP contribution in [0.2, 0.25) is 0 Å². The summed E-state index contributed by atoms with van der Waals surface area (Å²) in [6.45, 7) is 4.07. The van der Waals surface area contributed by atoms with Gasteiger partial charge < -0.3 is 18.6 Å². The molecule has 2 heterocycles. The van der Waals surface area contributed by atoms with Gasteiger partial charge in [-0.3, -0.25) is 0 Å². The lowest BCUT2D eigenvalue weighted by molar-refractivity contribution is 0.159. The maximum Gasteiger partial charge on any atom is 0.138 e. The van der Waals surface area contributed by atoms with E-state index in [0.717, 1.165) is 45.1 Å². The van der Waals surface area contributed by atoms with Crippen LogP contribution < -0.4 is 14.2 Å². The number of benzene rings is 2. The van der Waals surface area contributed by atoms with E-state index in [4.69, 9.17) is 18.6 Å². The second kappa shape index (κ2) is 5.59. The maximum absolute atomic E-state index is 6.07. The Hall–Kier alpha value is -2.88. The molecule has 128 valence electrons. The monoisotopic (exact) mass is 336 g/mol. The first-order valence-corrected chi connectivity index (χ1v) is 8.17. The normalized spacial score (nSPS) is 14.9. The van der Waals surface area contributed by atoms with Crippen molar-refractivity contribution in [3.8, 4) is 28.6 Å². The number of furan rings is 1. The summed E-state index contributed by atoms with van der Waals surface area (Å²) >= 11 is 0. The van der Waals surface area contributed by atoms with Gasteiger partial charge in [0.25, 0.3) is 0 Å². The lowest BCUT2D eigenvalue weighted by Gasteiger charge is -2.27. The van der Waals surface area contributed by atoms with E-state index in [2.05, 4.69) is 18.2 Å². The summed E-state index contributed by atoms with van der Waals surface area (Å²) in [7, 11) is 3.27. The molecule has 3 aromatic rings. The molecule has 0 unspecified atom stereocenters. The minimum Gasteiger partial charge on any atom is -0.497 e. The van der Waals surface area contributed by atoms with Crippen molar-refractivity contribution in [3.63, 3.8) is 0 Å². The van der Waals surface area contributed by atoms with Gasteiger partial charge in [-0.2, -0.15) is 0 Å². The molecule has 2 aromatic carbocycles. The van der Waals surface area contributed by atoms with E-state index in [1.165, 1.54) is 0 Å². The average molecular weight is 336 g/mol. The highest BCUT2D eigenvalue weighted by Gasteiger charge is 2.22. The Bertz CT molecular complexity index is 957. The molecule has 0 N–H and O–H groups in total. The number of rotatable bonds is 3. The molecule has 25 heavy (non-hydrogen) atoms. The summed E-state index contributed by atoms with van der Waals surface area (Å²) in [5.41, 5.74) is 2.45. The summed E-state index contributed by atoms with van der Waals surface area (Å²) in [5.74, 6) is 3.05. The minimum absolute atomic E-state index is 0.309. The first-order chi connectivity index (χ1) is 12.0. The van der Waals surface area contributed by atoms with E-state index >= 15 is 0 Å². The van der Waals surface area contributed by atoms with E-state index in [0.29, 0.717) is 0 Å². The molecule has 0 atom stereocenters. The third-order valence-corrected chi connectivity index (χ3v) is 4.32. The van der Waals surface area contributed by atoms with E-state index < -0.39 is 0 Å². The lowest BCUT2D eigenvalue weighted by atomic mass is 10.0. The van der Waals surface area contributed by atoms with Crippen molar-refractivity contribution in [1.82, 2.24) is 0 Å². The van der Waals surface area contributed by atoms with E-state index in [1.807, 2.05) is 44.2 Å². The summed E-state index contributed by atoms with van der Waals surface area (Å²) in [4.78, 5) is 0. The van der Waals surface area contributed by atoms with Gasteiger partial charge in [-0.25, -0.2) is 0 Å². The van der Waals surface area contributed by atoms with Crippen LogP contribution in [-0.4, -0.2) is 19.8 Å². The standard InChI is InChI=1S/C21H20O4/c1-21(2)6-5-13-7-14-10-18(24-19(14)12-20(13)25-21)15-8-16(22-3)11-17(9-15)23-4/h5-12H,1-4H3. The molecular weight excluding hydrogens is 316 g/mol. The van der Waals surface area contributed by atoms with Crippen LogP contribution in [0, 0.1) is 0 Å². The molecule has 0 fully saturated rings. The molecule has 4 heteroatoms. The molecule has 1 aliphatic rings. The Kier molecular flexibility index (Phi) is 3.49. The summed E-state index contributed by atoms with van der Waals surface area (Å²) in [6.07, 6.45) is 4.16. The maximum atomic E-state index is 6.07. The number of hydrogen-bond acceptors (Lipinski definition) is 4. The Morgan fingerprint density at radius 1 is 0.880 bits per heavy atom. The van der Waals surface area contributed by atoms with Crippen molar-refractivity contribution in [2.45, 2.75) is 19.4 Å². The fourth-order valence-electron chi connectivity index (χ4n) is 3.00. The van der Waals surface area contributed by atoms with Gasteiger partial charge in [0.2, 0.25) is 0 Å². The van der Waals surface area contributed by atoms with Crippen molar-refractivity contribution >= 4 is 17.0 Å². The SMILES string of the molecule is COc1cc(OC)cc(-c2cc3cc4c(cc3o2)OC(C)(C)C=C4)c1. The highest BCUT2D eigenvalue weighted by molar-refractivity contribution is 5.87. The van der Waals surface area contributed by atoms with Crippen molar-refractivity contribution in [2.24, 2.45) is 0 Å². The molecule has 0 saturated heterocycles. The van der Waals surface area contributed by atoms with E-state index in [1.54, 1.807) is 14.2 Å². The molecule has 0 saturated carbocycles. The molecular formula is C21H20O4. The average Bonchev–Trinajstić information content (AvgIpc) is 3.01. The molecule has 0 spiro atoms. The number of hydrogen-bond donors (Lipinski definition) is 0. The van der Waals surface area contributed by atoms with Gasteiger partial charge >= 0.3 is 0 Å². The fraction of sp³-hybridized carbons (Fsp3) is 0.238. The summed E-state index contributed by atoms with van der Waals surface area (Å²) in [6, 6.07) is 11.8. The van der Waals surface area contributed by atoms with Crippen LogP contribution in [-0.2, 0) is 0 Å². The first-order valence-electron chi connectivity index (χ1n) is 8.17. The predicted octanol–water partition coefficient (Wildman–Crippen LogP) is 5.30. The van der Waals surface area contributed by atoms with Gasteiger partial charge in [-0.1, -0.05) is 6.08 Å². The molecule has 1 aromatic heterocycles. The molecule has 0 aliphatic carbocycles. The van der Waals surface area contributed by atoms with Gasteiger partial charge in [0, 0.05) is 28.6 Å². The topological polar surface area (TPSA) is 40.8 Å². The largest absolute Gasteiger partial charge is 0.497 e. The zero-order valence-electron chi connectivity index (χ0n) is 14.8. The van der Waals surface area contributed by atoms with Crippen molar-refractivity contribution in [2.75, 3.05) is 14.2 Å². The third-order valence-electron chi connectivity index (χ3n) is 4.32.